The van der Waals surface area contributed by atoms with Crippen LogP contribution < -0.4 is 4.90 Å². The fraction of sp³-hybridized carbons (Fsp3) is 0.444. The molecule has 0 spiro atoms. The van der Waals surface area contributed by atoms with Crippen LogP contribution in [0.2, 0.25) is 5.15 Å². The third kappa shape index (κ3) is 2.03. The Morgan fingerprint density at radius 2 is 2.25 bits per heavy atom. The van der Waals surface area contributed by atoms with Gasteiger partial charge in [0, 0.05) is 20.1 Å². The molecule has 1 fully saturated rings. The van der Waals surface area contributed by atoms with Crippen molar-refractivity contribution in [2.24, 2.45) is 0 Å². The topological polar surface area (TPSA) is 53.5 Å². The number of halogens is 1. The molecule has 1 aromatic heterocycles. The Morgan fingerprint density at radius 1 is 1.50 bits per heavy atom. The molecule has 86 valence electrons. The van der Waals surface area contributed by atoms with Gasteiger partial charge in [-0.1, -0.05) is 22.9 Å². The number of hydrogen-bond donors (Lipinski definition) is 0. The first-order chi connectivity index (χ1) is 7.61. The Bertz CT molecular complexity index is 434. The lowest BCUT2D eigenvalue weighted by Crippen LogP contribution is -2.48. The number of hydrogen-bond acceptors (Lipinski definition) is 5. The van der Waals surface area contributed by atoms with Crippen LogP contribution in [-0.2, 0) is 4.79 Å². The summed E-state index contributed by atoms with van der Waals surface area (Å²) in [5.74, 6) is 0.0465. The summed E-state index contributed by atoms with van der Waals surface area (Å²) in [5, 5.41) is 0.843. The van der Waals surface area contributed by atoms with Gasteiger partial charge in [0.2, 0.25) is 5.91 Å². The first-order valence-electron chi connectivity index (χ1n) is 4.72. The van der Waals surface area contributed by atoms with E-state index in [1.165, 1.54) is 11.3 Å². The van der Waals surface area contributed by atoms with Crippen molar-refractivity contribution in [3.8, 4) is 0 Å². The van der Waals surface area contributed by atoms with E-state index >= 15 is 0 Å². The maximum absolute atomic E-state index is 11.5. The van der Waals surface area contributed by atoms with Crippen LogP contribution in [0, 0.1) is 0 Å². The number of rotatable bonds is 2. The van der Waals surface area contributed by atoms with Crippen molar-refractivity contribution in [2.45, 2.75) is 0 Å². The fourth-order valence-electron chi connectivity index (χ4n) is 1.43. The van der Waals surface area contributed by atoms with Crippen LogP contribution in [0.4, 0.5) is 5.13 Å². The summed E-state index contributed by atoms with van der Waals surface area (Å²) >= 11 is 6.99. The summed E-state index contributed by atoms with van der Waals surface area (Å²) in [6, 6.07) is 0. The number of likely N-dealkylation sites (N-methyl/N-ethyl adjacent to an activating group) is 1. The number of nitrogens with zero attached hydrogens (tertiary/aromatic N) is 3. The molecule has 0 bridgehead atoms. The summed E-state index contributed by atoms with van der Waals surface area (Å²) in [5.41, 5.74) is 0. The molecule has 0 aromatic carbocycles. The van der Waals surface area contributed by atoms with Crippen molar-refractivity contribution >= 4 is 40.3 Å². The van der Waals surface area contributed by atoms with Crippen LogP contribution >= 0.6 is 22.9 Å². The molecule has 2 rings (SSSR count). The third-order valence-electron chi connectivity index (χ3n) is 2.43. The molecular formula is C9H10ClN3O2S. The summed E-state index contributed by atoms with van der Waals surface area (Å²) in [6.45, 7) is 1.66. The van der Waals surface area contributed by atoms with Gasteiger partial charge in [-0.05, 0) is 0 Å². The van der Waals surface area contributed by atoms with E-state index in [-0.39, 0.29) is 11.1 Å². The highest BCUT2D eigenvalue weighted by Crippen LogP contribution is 2.28. The van der Waals surface area contributed by atoms with Gasteiger partial charge in [0.25, 0.3) is 0 Å². The van der Waals surface area contributed by atoms with Crippen molar-refractivity contribution in [3.63, 3.8) is 0 Å². The quantitative estimate of drug-likeness (QED) is 0.740. The first-order valence-corrected chi connectivity index (χ1v) is 5.91. The lowest BCUT2D eigenvalue weighted by atomic mass is 10.3. The van der Waals surface area contributed by atoms with Gasteiger partial charge < -0.3 is 9.80 Å². The van der Waals surface area contributed by atoms with Crippen molar-refractivity contribution in [2.75, 3.05) is 31.6 Å². The minimum atomic E-state index is 0.0465. The Labute approximate surface area is 102 Å². The molecule has 0 radical (unpaired) electrons. The number of anilines is 1. The Balaban J connectivity index is 2.18. The smallest absolute Gasteiger partial charge is 0.241 e. The fourth-order valence-corrected chi connectivity index (χ4v) is 2.52. The zero-order chi connectivity index (χ0) is 11.7. The minimum absolute atomic E-state index is 0.0465. The summed E-state index contributed by atoms with van der Waals surface area (Å²) in [4.78, 5) is 30.1. The predicted molar refractivity (Wildman–Crippen MR) is 62.4 cm³/mol. The van der Waals surface area contributed by atoms with E-state index in [0.29, 0.717) is 35.9 Å². The average Bonchev–Trinajstić information content (AvgIpc) is 2.64. The normalized spacial score (nSPS) is 16.8. The molecule has 1 saturated heterocycles. The van der Waals surface area contributed by atoms with Crippen molar-refractivity contribution in [3.05, 3.63) is 10.0 Å². The molecular weight excluding hydrogens is 250 g/mol. The molecule has 0 aliphatic carbocycles. The maximum Gasteiger partial charge on any atom is 0.241 e. The van der Waals surface area contributed by atoms with Gasteiger partial charge in [0.05, 0.1) is 6.54 Å². The third-order valence-corrected chi connectivity index (χ3v) is 3.87. The van der Waals surface area contributed by atoms with Gasteiger partial charge in [0.1, 0.15) is 4.88 Å². The first kappa shape index (κ1) is 11.3. The lowest BCUT2D eigenvalue weighted by molar-refractivity contribution is -0.129. The van der Waals surface area contributed by atoms with E-state index in [0.717, 1.165) is 0 Å². The second-order valence-corrected chi connectivity index (χ2v) is 4.87. The molecule has 1 aliphatic heterocycles. The number of amides is 1. The molecule has 0 unspecified atom stereocenters. The maximum atomic E-state index is 11.5. The van der Waals surface area contributed by atoms with E-state index in [9.17, 15) is 9.59 Å². The second-order valence-electron chi connectivity index (χ2n) is 3.51. The Morgan fingerprint density at radius 3 is 2.81 bits per heavy atom. The number of piperazine rings is 1. The minimum Gasteiger partial charge on any atom is -0.342 e. The van der Waals surface area contributed by atoms with Crippen molar-refractivity contribution < 1.29 is 9.59 Å². The van der Waals surface area contributed by atoms with Gasteiger partial charge in [-0.3, -0.25) is 9.59 Å². The van der Waals surface area contributed by atoms with Crippen molar-refractivity contribution in [1.82, 2.24) is 9.88 Å². The molecule has 7 heteroatoms. The number of aldehydes is 1. The van der Waals surface area contributed by atoms with Crippen LogP contribution in [0.25, 0.3) is 0 Å². The summed E-state index contributed by atoms with van der Waals surface area (Å²) < 4.78 is 0. The van der Waals surface area contributed by atoms with E-state index in [4.69, 9.17) is 11.6 Å². The number of thiazole rings is 1. The van der Waals surface area contributed by atoms with Gasteiger partial charge in [-0.15, -0.1) is 0 Å². The number of carbonyl (C=O) groups excluding carboxylic acids is 2. The molecule has 1 aromatic rings. The molecule has 2 heterocycles. The number of carbonyl (C=O) groups is 2. The lowest BCUT2D eigenvalue weighted by Gasteiger charge is -2.31. The molecule has 0 N–H and O–H groups in total. The highest BCUT2D eigenvalue weighted by atomic mass is 35.5. The monoisotopic (exact) mass is 259 g/mol. The highest BCUT2D eigenvalue weighted by Gasteiger charge is 2.24. The molecule has 1 amide bonds. The largest absolute Gasteiger partial charge is 0.342 e. The summed E-state index contributed by atoms with van der Waals surface area (Å²) in [6.07, 6.45) is 0.682. The number of aromatic nitrogens is 1. The Hall–Kier alpha value is -1.14. The molecule has 0 saturated carbocycles. The van der Waals surface area contributed by atoms with E-state index in [2.05, 4.69) is 4.98 Å². The predicted octanol–water partition coefficient (Wildman–Crippen LogP) is 0.887. The van der Waals surface area contributed by atoms with Crippen LogP contribution in [0.3, 0.4) is 0 Å². The van der Waals surface area contributed by atoms with Crippen LogP contribution in [-0.4, -0.2) is 48.8 Å². The van der Waals surface area contributed by atoms with Crippen molar-refractivity contribution in [1.29, 1.82) is 0 Å². The average molecular weight is 260 g/mol. The van der Waals surface area contributed by atoms with Crippen LogP contribution in [0.5, 0.6) is 0 Å². The Kier molecular flexibility index (Phi) is 3.11. The zero-order valence-corrected chi connectivity index (χ0v) is 10.2. The van der Waals surface area contributed by atoms with Crippen LogP contribution in [0.1, 0.15) is 9.67 Å². The summed E-state index contributed by atoms with van der Waals surface area (Å²) in [7, 11) is 1.77. The molecule has 1 aliphatic rings. The standard InChI is InChI=1S/C9H10ClN3O2S/c1-12-2-3-13(4-7(12)15)9-11-8(10)6(5-14)16-9/h5H,2-4H2,1H3. The highest BCUT2D eigenvalue weighted by molar-refractivity contribution is 7.17. The van der Waals surface area contributed by atoms with E-state index < -0.39 is 0 Å². The van der Waals surface area contributed by atoms with Gasteiger partial charge in [-0.25, -0.2) is 4.98 Å². The molecule has 16 heavy (non-hydrogen) atoms. The SMILES string of the molecule is CN1CCN(c2nc(Cl)c(C=O)s2)CC1=O. The second kappa shape index (κ2) is 4.39. The van der Waals surface area contributed by atoms with Crippen LogP contribution in [0.15, 0.2) is 0 Å². The van der Waals surface area contributed by atoms with Gasteiger partial charge in [0.15, 0.2) is 16.6 Å². The zero-order valence-electron chi connectivity index (χ0n) is 8.64. The molecule has 0 atom stereocenters. The van der Waals surface area contributed by atoms with Gasteiger partial charge >= 0.3 is 0 Å². The molecule has 5 nitrogen and oxygen atoms in total. The van der Waals surface area contributed by atoms with E-state index in [1.54, 1.807) is 11.9 Å². The van der Waals surface area contributed by atoms with E-state index in [1.807, 2.05) is 4.90 Å². The van der Waals surface area contributed by atoms with Gasteiger partial charge in [-0.2, -0.15) is 0 Å².